The molecule has 1 heterocycles. The van der Waals surface area contributed by atoms with E-state index < -0.39 is 0 Å². The number of hydrogen-bond acceptors (Lipinski definition) is 4. The van der Waals surface area contributed by atoms with Crippen molar-refractivity contribution in [3.05, 3.63) is 54.0 Å². The van der Waals surface area contributed by atoms with Crippen LogP contribution in [-0.4, -0.2) is 30.0 Å². The Morgan fingerprint density at radius 3 is 2.54 bits per heavy atom. The zero-order valence-corrected chi connectivity index (χ0v) is 14.6. The third-order valence-corrected chi connectivity index (χ3v) is 4.74. The lowest BCUT2D eigenvalue weighted by Gasteiger charge is -2.27. The molecule has 1 aliphatic carbocycles. The topological polar surface area (TPSA) is 68.3 Å². The van der Waals surface area contributed by atoms with Gasteiger partial charge in [0.2, 0.25) is 0 Å². The van der Waals surface area contributed by atoms with Crippen molar-refractivity contribution in [2.24, 2.45) is 5.92 Å². The number of ether oxygens (including phenoxy) is 1. The molecule has 0 unspecified atom stereocenters. The van der Waals surface area contributed by atoms with Gasteiger partial charge in [0.15, 0.2) is 0 Å². The first kappa shape index (κ1) is 18.0. The number of methoxy groups -OCH3 is 1. The summed E-state index contributed by atoms with van der Waals surface area (Å²) >= 11 is 0. The number of pyridine rings is 1. The van der Waals surface area contributed by atoms with E-state index >= 15 is 0 Å². The van der Waals surface area contributed by atoms with Crippen LogP contribution in [0.3, 0.4) is 0 Å². The van der Waals surface area contributed by atoms with Crippen LogP contribution < -0.4 is 5.32 Å². The number of rotatable bonds is 4. The second-order valence-corrected chi connectivity index (χ2v) is 6.49. The fourth-order valence-corrected chi connectivity index (χ4v) is 3.26. The minimum absolute atomic E-state index is 0.0475. The van der Waals surface area contributed by atoms with Crippen molar-refractivity contribution in [1.29, 1.82) is 0 Å². The molecule has 1 amide bonds. The number of halogens is 1. The molecule has 0 radical (unpaired) electrons. The molecule has 2 aromatic rings. The number of hydrogen-bond donors (Lipinski definition) is 1. The smallest absolute Gasteiger partial charge is 0.308 e. The molecular formula is C20H21FN2O3. The Morgan fingerprint density at radius 1 is 1.15 bits per heavy atom. The second-order valence-electron chi connectivity index (χ2n) is 6.49. The van der Waals surface area contributed by atoms with Gasteiger partial charge in [-0.15, -0.1) is 0 Å². The van der Waals surface area contributed by atoms with E-state index in [0.29, 0.717) is 29.7 Å². The molecule has 26 heavy (non-hydrogen) atoms. The van der Waals surface area contributed by atoms with Crippen molar-refractivity contribution in [2.75, 3.05) is 7.11 Å². The van der Waals surface area contributed by atoms with Crippen molar-refractivity contribution < 1.29 is 18.7 Å². The number of nitrogens with one attached hydrogen (secondary N) is 1. The number of esters is 1. The van der Waals surface area contributed by atoms with Gasteiger partial charge in [-0.1, -0.05) is 12.1 Å². The van der Waals surface area contributed by atoms with Crippen molar-refractivity contribution in [1.82, 2.24) is 10.3 Å². The molecule has 0 atom stereocenters. The molecule has 1 saturated carbocycles. The summed E-state index contributed by atoms with van der Waals surface area (Å²) in [6.45, 7) is 0. The van der Waals surface area contributed by atoms with Gasteiger partial charge in [0.25, 0.3) is 5.91 Å². The van der Waals surface area contributed by atoms with E-state index in [4.69, 9.17) is 4.74 Å². The fraction of sp³-hybridized carbons (Fsp3) is 0.350. The van der Waals surface area contributed by atoms with E-state index in [1.807, 2.05) is 0 Å². The Balaban J connectivity index is 1.58. The Morgan fingerprint density at radius 2 is 1.92 bits per heavy atom. The van der Waals surface area contributed by atoms with Crippen LogP contribution in [0.15, 0.2) is 42.6 Å². The van der Waals surface area contributed by atoms with E-state index in [0.717, 1.165) is 12.8 Å². The van der Waals surface area contributed by atoms with Gasteiger partial charge in [-0.25, -0.2) is 4.39 Å². The molecule has 5 nitrogen and oxygen atoms in total. The molecule has 136 valence electrons. The zero-order chi connectivity index (χ0) is 18.5. The molecule has 0 saturated heterocycles. The predicted octanol–water partition coefficient (Wildman–Crippen LogP) is 3.35. The Bertz CT molecular complexity index is 784. The zero-order valence-electron chi connectivity index (χ0n) is 14.6. The van der Waals surface area contributed by atoms with Crippen LogP contribution in [0.1, 0.15) is 36.0 Å². The summed E-state index contributed by atoms with van der Waals surface area (Å²) in [5.74, 6) is -0.759. The van der Waals surface area contributed by atoms with E-state index in [2.05, 4.69) is 10.3 Å². The minimum Gasteiger partial charge on any atom is -0.469 e. The van der Waals surface area contributed by atoms with Crippen LogP contribution >= 0.6 is 0 Å². The van der Waals surface area contributed by atoms with Gasteiger partial charge in [0.05, 0.1) is 24.3 Å². The van der Waals surface area contributed by atoms with Gasteiger partial charge in [0.1, 0.15) is 5.82 Å². The summed E-state index contributed by atoms with van der Waals surface area (Å²) in [6, 6.07) is 9.61. The standard InChI is InChI=1S/C20H21FN2O3/c1-26-20(25)13-5-8-17(9-6-13)23-19(24)15-7-10-18(22-12-15)14-3-2-4-16(21)11-14/h2-4,7,10-13,17H,5-6,8-9H2,1H3,(H,23,24). The maximum Gasteiger partial charge on any atom is 0.308 e. The summed E-state index contributed by atoms with van der Waals surface area (Å²) in [4.78, 5) is 28.2. The predicted molar refractivity (Wildman–Crippen MR) is 94.9 cm³/mol. The highest BCUT2D eigenvalue weighted by Gasteiger charge is 2.27. The normalized spacial score (nSPS) is 19.6. The van der Waals surface area contributed by atoms with Gasteiger partial charge < -0.3 is 10.1 Å². The van der Waals surface area contributed by atoms with Crippen molar-refractivity contribution in [2.45, 2.75) is 31.7 Å². The monoisotopic (exact) mass is 356 g/mol. The van der Waals surface area contributed by atoms with E-state index in [1.54, 1.807) is 24.3 Å². The molecule has 0 bridgehead atoms. The summed E-state index contributed by atoms with van der Waals surface area (Å²) in [5, 5.41) is 2.99. The first-order chi connectivity index (χ1) is 12.6. The molecule has 1 aromatic heterocycles. The van der Waals surface area contributed by atoms with Crippen LogP contribution in [0.25, 0.3) is 11.3 Å². The van der Waals surface area contributed by atoms with E-state index in [-0.39, 0.29) is 29.7 Å². The number of nitrogens with zero attached hydrogens (tertiary/aromatic N) is 1. The highest BCUT2D eigenvalue weighted by molar-refractivity contribution is 5.94. The third kappa shape index (κ3) is 4.25. The van der Waals surface area contributed by atoms with Crippen LogP contribution in [0.4, 0.5) is 4.39 Å². The highest BCUT2D eigenvalue weighted by Crippen LogP contribution is 2.25. The molecule has 0 spiro atoms. The lowest BCUT2D eigenvalue weighted by molar-refractivity contribution is -0.146. The SMILES string of the molecule is COC(=O)C1CCC(NC(=O)c2ccc(-c3cccc(F)c3)nc2)CC1. The summed E-state index contributed by atoms with van der Waals surface area (Å²) in [6.07, 6.45) is 4.43. The molecule has 0 aliphatic heterocycles. The molecule has 1 N–H and O–H groups in total. The summed E-state index contributed by atoms with van der Waals surface area (Å²) < 4.78 is 18.1. The molecule has 6 heteroatoms. The number of carbonyl (C=O) groups excluding carboxylic acids is 2. The lowest BCUT2D eigenvalue weighted by Crippen LogP contribution is -2.38. The summed E-state index contributed by atoms with van der Waals surface area (Å²) in [5.41, 5.74) is 1.73. The van der Waals surface area contributed by atoms with Crippen molar-refractivity contribution >= 4 is 11.9 Å². The van der Waals surface area contributed by atoms with Crippen LogP contribution in [0.2, 0.25) is 0 Å². The maximum absolute atomic E-state index is 13.3. The maximum atomic E-state index is 13.3. The molecule has 3 rings (SSSR count). The van der Waals surface area contributed by atoms with Crippen LogP contribution in [-0.2, 0) is 9.53 Å². The van der Waals surface area contributed by atoms with Gasteiger partial charge >= 0.3 is 5.97 Å². The Labute approximate surface area is 151 Å². The highest BCUT2D eigenvalue weighted by atomic mass is 19.1. The first-order valence-corrected chi connectivity index (χ1v) is 8.67. The van der Waals surface area contributed by atoms with Gasteiger partial charge in [-0.05, 0) is 49.9 Å². The van der Waals surface area contributed by atoms with Crippen molar-refractivity contribution in [3.8, 4) is 11.3 Å². The van der Waals surface area contributed by atoms with Gasteiger partial charge in [-0.2, -0.15) is 0 Å². The minimum atomic E-state index is -0.325. The van der Waals surface area contributed by atoms with Gasteiger partial charge in [-0.3, -0.25) is 14.6 Å². The molecular weight excluding hydrogens is 335 g/mol. The van der Waals surface area contributed by atoms with E-state index in [9.17, 15) is 14.0 Å². The van der Waals surface area contributed by atoms with Crippen LogP contribution in [0, 0.1) is 11.7 Å². The Hall–Kier alpha value is -2.76. The number of amides is 1. The summed E-state index contributed by atoms with van der Waals surface area (Å²) in [7, 11) is 1.40. The van der Waals surface area contributed by atoms with E-state index in [1.165, 1.54) is 25.4 Å². The van der Waals surface area contributed by atoms with Crippen molar-refractivity contribution in [3.63, 3.8) is 0 Å². The Kier molecular flexibility index (Phi) is 5.61. The number of carbonyl (C=O) groups is 2. The fourth-order valence-electron chi connectivity index (χ4n) is 3.26. The quantitative estimate of drug-likeness (QED) is 0.853. The van der Waals surface area contributed by atoms with Crippen LogP contribution in [0.5, 0.6) is 0 Å². The number of aromatic nitrogens is 1. The average molecular weight is 356 g/mol. The lowest BCUT2D eigenvalue weighted by atomic mass is 9.86. The largest absolute Gasteiger partial charge is 0.469 e. The average Bonchev–Trinajstić information content (AvgIpc) is 2.68. The molecule has 1 aliphatic rings. The van der Waals surface area contributed by atoms with Gasteiger partial charge in [0, 0.05) is 17.8 Å². The molecule has 1 aromatic carbocycles. The number of benzene rings is 1. The third-order valence-electron chi connectivity index (χ3n) is 4.74. The molecule has 1 fully saturated rings. The first-order valence-electron chi connectivity index (χ1n) is 8.67. The second kappa shape index (κ2) is 8.08.